The lowest BCUT2D eigenvalue weighted by atomic mass is 9.70. The molecule has 1 aliphatic carbocycles. The summed E-state index contributed by atoms with van der Waals surface area (Å²) < 4.78 is 0. The van der Waals surface area contributed by atoms with Crippen molar-refractivity contribution in [3.05, 3.63) is 28.8 Å². The van der Waals surface area contributed by atoms with Crippen LogP contribution in [-0.4, -0.2) is 6.04 Å². The summed E-state index contributed by atoms with van der Waals surface area (Å²) >= 11 is 6.29. The molecule has 1 fully saturated rings. The molecule has 2 atom stereocenters. The molecular formula is C16H24ClN. The van der Waals surface area contributed by atoms with Crippen LogP contribution in [0.5, 0.6) is 0 Å². The lowest BCUT2D eigenvalue weighted by Gasteiger charge is -2.40. The van der Waals surface area contributed by atoms with Gasteiger partial charge in [-0.15, -0.1) is 0 Å². The van der Waals surface area contributed by atoms with Gasteiger partial charge >= 0.3 is 0 Å². The molecule has 0 aromatic heterocycles. The Morgan fingerprint density at radius 1 is 1.33 bits per heavy atom. The highest BCUT2D eigenvalue weighted by Gasteiger charge is 2.32. The highest BCUT2D eigenvalue weighted by atomic mass is 35.5. The molecule has 1 N–H and O–H groups in total. The molecule has 2 unspecified atom stereocenters. The molecule has 0 aliphatic heterocycles. The van der Waals surface area contributed by atoms with Gasteiger partial charge in [-0.25, -0.2) is 0 Å². The van der Waals surface area contributed by atoms with E-state index in [4.69, 9.17) is 11.6 Å². The molecule has 1 aromatic rings. The Balaban J connectivity index is 2.11. The maximum absolute atomic E-state index is 6.29. The van der Waals surface area contributed by atoms with Gasteiger partial charge in [-0.2, -0.15) is 0 Å². The molecule has 1 saturated carbocycles. The van der Waals surface area contributed by atoms with Gasteiger partial charge in [0.15, 0.2) is 0 Å². The van der Waals surface area contributed by atoms with E-state index in [1.807, 2.05) is 12.1 Å². The van der Waals surface area contributed by atoms with E-state index in [1.54, 1.807) is 0 Å². The molecule has 1 aromatic carbocycles. The van der Waals surface area contributed by atoms with E-state index in [9.17, 15) is 0 Å². The van der Waals surface area contributed by atoms with E-state index in [0.717, 1.165) is 10.7 Å². The molecule has 1 aliphatic rings. The Morgan fingerprint density at radius 3 is 2.67 bits per heavy atom. The van der Waals surface area contributed by atoms with Crippen LogP contribution in [0.15, 0.2) is 18.2 Å². The van der Waals surface area contributed by atoms with Crippen LogP contribution in [0.2, 0.25) is 5.02 Å². The third-order valence-corrected chi connectivity index (χ3v) is 4.56. The smallest absolute Gasteiger partial charge is 0.0640 e. The fourth-order valence-corrected chi connectivity index (χ4v) is 3.44. The second-order valence-electron chi connectivity index (χ2n) is 6.57. The van der Waals surface area contributed by atoms with Crippen molar-refractivity contribution in [3.63, 3.8) is 0 Å². The van der Waals surface area contributed by atoms with Crippen molar-refractivity contribution in [2.75, 3.05) is 5.32 Å². The fourth-order valence-electron chi connectivity index (χ4n) is 3.16. The number of para-hydroxylation sites is 1. The lowest BCUT2D eigenvalue weighted by Crippen LogP contribution is -2.37. The summed E-state index contributed by atoms with van der Waals surface area (Å²) in [6, 6.07) is 6.65. The van der Waals surface area contributed by atoms with E-state index >= 15 is 0 Å². The molecule has 0 radical (unpaired) electrons. The number of hydrogen-bond acceptors (Lipinski definition) is 1. The van der Waals surface area contributed by atoms with Gasteiger partial charge in [0.2, 0.25) is 0 Å². The van der Waals surface area contributed by atoms with E-state index in [1.165, 1.54) is 24.8 Å². The van der Waals surface area contributed by atoms with Crippen molar-refractivity contribution >= 4 is 17.3 Å². The molecule has 0 heterocycles. The van der Waals surface area contributed by atoms with Gasteiger partial charge < -0.3 is 5.32 Å². The average Bonchev–Trinajstić information content (AvgIpc) is 2.25. The minimum atomic E-state index is 0.493. The van der Waals surface area contributed by atoms with Gasteiger partial charge in [0.25, 0.3) is 0 Å². The zero-order chi connectivity index (χ0) is 13.3. The summed E-state index contributed by atoms with van der Waals surface area (Å²) in [7, 11) is 0. The zero-order valence-corrected chi connectivity index (χ0v) is 12.6. The first-order valence-electron chi connectivity index (χ1n) is 6.91. The first-order valence-corrected chi connectivity index (χ1v) is 7.28. The number of benzene rings is 1. The van der Waals surface area contributed by atoms with Crippen LogP contribution in [-0.2, 0) is 0 Å². The summed E-state index contributed by atoms with van der Waals surface area (Å²) in [4.78, 5) is 0. The monoisotopic (exact) mass is 265 g/mol. The Morgan fingerprint density at radius 2 is 2.06 bits per heavy atom. The highest BCUT2D eigenvalue weighted by Crippen LogP contribution is 2.40. The van der Waals surface area contributed by atoms with Gasteiger partial charge in [0.05, 0.1) is 10.7 Å². The Hall–Kier alpha value is -0.690. The summed E-state index contributed by atoms with van der Waals surface area (Å²) in [6.07, 6.45) is 3.81. The largest absolute Gasteiger partial charge is 0.381 e. The first kappa shape index (κ1) is 13.7. The van der Waals surface area contributed by atoms with Crippen molar-refractivity contribution in [2.24, 2.45) is 11.3 Å². The van der Waals surface area contributed by atoms with Crippen molar-refractivity contribution < 1.29 is 0 Å². The minimum absolute atomic E-state index is 0.493. The second-order valence-corrected chi connectivity index (χ2v) is 6.97. The number of aryl methyl sites for hydroxylation is 1. The predicted molar refractivity (Wildman–Crippen MR) is 80.4 cm³/mol. The topological polar surface area (TPSA) is 12.0 Å². The minimum Gasteiger partial charge on any atom is -0.381 e. The molecular weight excluding hydrogens is 242 g/mol. The Labute approximate surface area is 116 Å². The number of hydrogen-bond donors (Lipinski definition) is 1. The number of anilines is 1. The quantitative estimate of drug-likeness (QED) is 0.768. The SMILES string of the molecule is Cc1cccc(Cl)c1NC1CCC(C)(C)CC1C. The second kappa shape index (κ2) is 5.13. The molecule has 0 bridgehead atoms. The highest BCUT2D eigenvalue weighted by molar-refractivity contribution is 6.33. The molecule has 1 nitrogen and oxygen atoms in total. The fraction of sp³-hybridized carbons (Fsp3) is 0.625. The van der Waals surface area contributed by atoms with Crippen LogP contribution >= 0.6 is 11.6 Å². The van der Waals surface area contributed by atoms with E-state index < -0.39 is 0 Å². The molecule has 2 rings (SSSR count). The van der Waals surface area contributed by atoms with Crippen LogP contribution in [0.25, 0.3) is 0 Å². The molecule has 0 amide bonds. The predicted octanol–water partition coefficient (Wildman–Crippen LogP) is 5.28. The molecule has 100 valence electrons. The maximum atomic E-state index is 6.29. The average molecular weight is 266 g/mol. The molecule has 0 spiro atoms. The summed E-state index contributed by atoms with van der Waals surface area (Å²) in [5.41, 5.74) is 2.85. The summed E-state index contributed by atoms with van der Waals surface area (Å²) in [5.74, 6) is 0.699. The number of nitrogens with one attached hydrogen (secondary N) is 1. The van der Waals surface area contributed by atoms with Crippen molar-refractivity contribution in [3.8, 4) is 0 Å². The molecule has 0 saturated heterocycles. The third kappa shape index (κ3) is 3.00. The number of rotatable bonds is 2. The Bertz CT molecular complexity index is 405. The van der Waals surface area contributed by atoms with Gasteiger partial charge in [0, 0.05) is 6.04 Å². The summed E-state index contributed by atoms with van der Waals surface area (Å²) in [5, 5.41) is 4.51. The van der Waals surface area contributed by atoms with Crippen molar-refractivity contribution in [2.45, 2.75) is 53.0 Å². The van der Waals surface area contributed by atoms with Crippen LogP contribution in [0.3, 0.4) is 0 Å². The third-order valence-electron chi connectivity index (χ3n) is 4.25. The van der Waals surface area contributed by atoms with Crippen LogP contribution in [0.4, 0.5) is 5.69 Å². The van der Waals surface area contributed by atoms with Crippen molar-refractivity contribution in [1.29, 1.82) is 0 Å². The van der Waals surface area contributed by atoms with Crippen LogP contribution in [0, 0.1) is 18.3 Å². The summed E-state index contributed by atoms with van der Waals surface area (Å²) in [6.45, 7) is 9.22. The zero-order valence-electron chi connectivity index (χ0n) is 11.9. The van der Waals surface area contributed by atoms with Gasteiger partial charge in [-0.05, 0) is 49.1 Å². The van der Waals surface area contributed by atoms with Gasteiger partial charge in [0.1, 0.15) is 0 Å². The van der Waals surface area contributed by atoms with Gasteiger partial charge in [-0.1, -0.05) is 44.5 Å². The van der Waals surface area contributed by atoms with E-state index in [2.05, 4.69) is 39.1 Å². The first-order chi connectivity index (χ1) is 8.39. The maximum Gasteiger partial charge on any atom is 0.0640 e. The Kier molecular flexibility index (Phi) is 3.91. The standard InChI is InChI=1S/C16H24ClN/c1-11-6-5-7-13(17)15(11)18-14-8-9-16(3,4)10-12(14)2/h5-7,12,14,18H,8-10H2,1-4H3. The van der Waals surface area contributed by atoms with Crippen molar-refractivity contribution in [1.82, 2.24) is 0 Å². The number of halogens is 1. The normalized spacial score (nSPS) is 26.9. The molecule has 18 heavy (non-hydrogen) atoms. The van der Waals surface area contributed by atoms with E-state index in [-0.39, 0.29) is 0 Å². The van der Waals surface area contributed by atoms with E-state index in [0.29, 0.717) is 17.4 Å². The van der Waals surface area contributed by atoms with Crippen LogP contribution < -0.4 is 5.32 Å². The van der Waals surface area contributed by atoms with Gasteiger partial charge in [-0.3, -0.25) is 0 Å². The molecule has 2 heteroatoms. The lowest BCUT2D eigenvalue weighted by molar-refractivity contribution is 0.177. The van der Waals surface area contributed by atoms with Crippen LogP contribution in [0.1, 0.15) is 45.6 Å².